The van der Waals surface area contributed by atoms with E-state index in [1.165, 1.54) is 11.0 Å². The lowest BCUT2D eigenvalue weighted by molar-refractivity contribution is -0.138. The van der Waals surface area contributed by atoms with E-state index in [1.54, 1.807) is 44.2 Å². The smallest absolute Gasteiger partial charge is 0.340 e. The standard InChI is InChI=1S/C23H23NO5/c1-4-28-20-14-16(11-12-19(20)25)13-18-21(23(27)29-5-2)15(3)24(22(18)26)17-9-7-6-8-10-17/h6-14,25H,4-5H2,1-3H3/b18-13-. The average Bonchev–Trinajstić information content (AvgIpc) is 2.95. The summed E-state index contributed by atoms with van der Waals surface area (Å²) in [6, 6.07) is 13.9. The van der Waals surface area contributed by atoms with Crippen molar-refractivity contribution in [3.63, 3.8) is 0 Å². The molecule has 0 atom stereocenters. The van der Waals surface area contributed by atoms with Crippen molar-refractivity contribution in [2.24, 2.45) is 0 Å². The van der Waals surface area contributed by atoms with Gasteiger partial charge in [0, 0.05) is 11.4 Å². The van der Waals surface area contributed by atoms with Crippen LogP contribution in [-0.2, 0) is 14.3 Å². The van der Waals surface area contributed by atoms with Gasteiger partial charge in [0.15, 0.2) is 11.5 Å². The number of nitrogens with zero attached hydrogens (tertiary/aromatic N) is 1. The molecule has 0 unspecified atom stereocenters. The van der Waals surface area contributed by atoms with Crippen LogP contribution in [0.2, 0.25) is 0 Å². The van der Waals surface area contributed by atoms with Gasteiger partial charge in [-0.1, -0.05) is 24.3 Å². The number of hydrogen-bond acceptors (Lipinski definition) is 5. The van der Waals surface area contributed by atoms with Crippen molar-refractivity contribution in [3.8, 4) is 11.5 Å². The lowest BCUT2D eigenvalue weighted by Gasteiger charge is -2.17. The predicted molar refractivity (Wildman–Crippen MR) is 111 cm³/mol. The largest absolute Gasteiger partial charge is 0.504 e. The van der Waals surface area contributed by atoms with Crippen LogP contribution in [0.15, 0.2) is 65.4 Å². The molecule has 6 heteroatoms. The highest BCUT2D eigenvalue weighted by Gasteiger charge is 2.38. The molecule has 0 saturated carbocycles. The van der Waals surface area contributed by atoms with Gasteiger partial charge >= 0.3 is 5.97 Å². The maximum absolute atomic E-state index is 13.2. The van der Waals surface area contributed by atoms with E-state index in [0.717, 1.165) is 0 Å². The van der Waals surface area contributed by atoms with Gasteiger partial charge in [0.05, 0.1) is 24.4 Å². The van der Waals surface area contributed by atoms with E-state index in [0.29, 0.717) is 29.3 Å². The maximum Gasteiger partial charge on any atom is 0.340 e. The molecular weight excluding hydrogens is 370 g/mol. The Hall–Kier alpha value is -3.54. The first-order valence-corrected chi connectivity index (χ1v) is 9.43. The van der Waals surface area contributed by atoms with E-state index in [1.807, 2.05) is 25.1 Å². The van der Waals surface area contributed by atoms with Gasteiger partial charge in [-0.25, -0.2) is 4.79 Å². The molecule has 0 fully saturated rings. The van der Waals surface area contributed by atoms with E-state index in [4.69, 9.17) is 9.47 Å². The van der Waals surface area contributed by atoms with Crippen molar-refractivity contribution in [1.29, 1.82) is 0 Å². The third-order valence-electron chi connectivity index (χ3n) is 4.49. The second kappa shape index (κ2) is 8.65. The van der Waals surface area contributed by atoms with Crippen LogP contribution in [0.4, 0.5) is 5.69 Å². The molecule has 2 aromatic carbocycles. The van der Waals surface area contributed by atoms with Crippen LogP contribution < -0.4 is 9.64 Å². The maximum atomic E-state index is 13.2. The SMILES string of the molecule is CCOC(=O)C1=C(C)N(c2ccccc2)C(=O)/C1=C\c1ccc(O)c(OCC)c1. The number of hydrogen-bond donors (Lipinski definition) is 1. The minimum absolute atomic E-state index is 0.00926. The summed E-state index contributed by atoms with van der Waals surface area (Å²) in [4.78, 5) is 27.4. The Balaban J connectivity index is 2.11. The average molecular weight is 393 g/mol. The molecule has 1 aliphatic rings. The highest BCUT2D eigenvalue weighted by Crippen LogP contribution is 2.36. The molecule has 6 nitrogen and oxygen atoms in total. The quantitative estimate of drug-likeness (QED) is 0.592. The number of allylic oxidation sites excluding steroid dienone is 1. The molecule has 1 amide bonds. The summed E-state index contributed by atoms with van der Waals surface area (Å²) >= 11 is 0. The first-order chi connectivity index (χ1) is 14.0. The number of esters is 1. The molecule has 0 aromatic heterocycles. The van der Waals surface area contributed by atoms with Gasteiger partial charge in [0.1, 0.15) is 0 Å². The monoisotopic (exact) mass is 393 g/mol. The number of amides is 1. The van der Waals surface area contributed by atoms with E-state index < -0.39 is 5.97 Å². The second-order valence-electron chi connectivity index (χ2n) is 6.38. The van der Waals surface area contributed by atoms with Crippen LogP contribution in [0.25, 0.3) is 6.08 Å². The number of phenols is 1. The number of benzene rings is 2. The summed E-state index contributed by atoms with van der Waals surface area (Å²) in [5, 5.41) is 9.92. The Morgan fingerprint density at radius 2 is 1.83 bits per heavy atom. The highest BCUT2D eigenvalue weighted by molar-refractivity contribution is 6.23. The number of anilines is 1. The lowest BCUT2D eigenvalue weighted by Crippen LogP contribution is -2.24. The third kappa shape index (κ3) is 4.01. The molecular formula is C23H23NO5. The first kappa shape index (κ1) is 20.2. The molecule has 0 aliphatic carbocycles. The molecule has 29 heavy (non-hydrogen) atoms. The molecule has 1 aliphatic heterocycles. The number of aromatic hydroxyl groups is 1. The van der Waals surface area contributed by atoms with Crippen molar-refractivity contribution in [1.82, 2.24) is 0 Å². The third-order valence-corrected chi connectivity index (χ3v) is 4.49. The van der Waals surface area contributed by atoms with Crippen LogP contribution in [-0.4, -0.2) is 30.2 Å². The summed E-state index contributed by atoms with van der Waals surface area (Å²) in [6.07, 6.45) is 1.61. The van der Waals surface area contributed by atoms with E-state index in [9.17, 15) is 14.7 Å². The van der Waals surface area contributed by atoms with Crippen molar-refractivity contribution < 1.29 is 24.2 Å². The fourth-order valence-corrected chi connectivity index (χ4v) is 3.23. The Labute approximate surface area is 169 Å². The van der Waals surface area contributed by atoms with Crippen molar-refractivity contribution in [3.05, 3.63) is 70.9 Å². The van der Waals surface area contributed by atoms with Gasteiger partial charge in [0.25, 0.3) is 5.91 Å². The van der Waals surface area contributed by atoms with E-state index in [2.05, 4.69) is 0 Å². The Morgan fingerprint density at radius 3 is 2.48 bits per heavy atom. The Kier molecular flexibility index (Phi) is 6.02. The van der Waals surface area contributed by atoms with Gasteiger partial charge in [-0.2, -0.15) is 0 Å². The molecule has 3 rings (SSSR count). The van der Waals surface area contributed by atoms with Crippen molar-refractivity contribution >= 4 is 23.6 Å². The van der Waals surface area contributed by atoms with E-state index >= 15 is 0 Å². The second-order valence-corrected chi connectivity index (χ2v) is 6.38. The zero-order valence-electron chi connectivity index (χ0n) is 16.6. The number of phenolic OH excluding ortho intramolecular Hbond substituents is 1. The highest BCUT2D eigenvalue weighted by atomic mass is 16.5. The minimum Gasteiger partial charge on any atom is -0.504 e. The predicted octanol–water partition coefficient (Wildman–Crippen LogP) is 4.06. The topological polar surface area (TPSA) is 76.1 Å². The van der Waals surface area contributed by atoms with Crippen molar-refractivity contribution in [2.45, 2.75) is 20.8 Å². The molecule has 150 valence electrons. The number of rotatable bonds is 6. The Morgan fingerprint density at radius 1 is 1.10 bits per heavy atom. The van der Waals surface area contributed by atoms with E-state index in [-0.39, 0.29) is 29.4 Å². The van der Waals surface area contributed by atoms with Crippen LogP contribution in [0, 0.1) is 0 Å². The number of carbonyl (C=O) groups is 2. The molecule has 0 saturated heterocycles. The lowest BCUT2D eigenvalue weighted by atomic mass is 10.0. The number of carbonyl (C=O) groups excluding carboxylic acids is 2. The fraction of sp³-hybridized carbons (Fsp3) is 0.217. The first-order valence-electron chi connectivity index (χ1n) is 9.43. The van der Waals surface area contributed by atoms with Gasteiger partial charge < -0.3 is 14.6 Å². The number of para-hydroxylation sites is 1. The normalized spacial score (nSPS) is 15.2. The molecule has 0 spiro atoms. The number of ether oxygens (including phenoxy) is 2. The summed E-state index contributed by atoms with van der Waals surface area (Å²) < 4.78 is 10.6. The zero-order valence-corrected chi connectivity index (χ0v) is 16.6. The molecule has 0 radical (unpaired) electrons. The van der Waals surface area contributed by atoms with Crippen LogP contribution in [0.5, 0.6) is 11.5 Å². The molecule has 2 aromatic rings. The van der Waals surface area contributed by atoms with Gasteiger partial charge in [-0.3, -0.25) is 9.69 Å². The summed E-state index contributed by atoms with van der Waals surface area (Å²) in [5.74, 6) is -0.546. The van der Waals surface area contributed by atoms with Gasteiger partial charge in [0.2, 0.25) is 0 Å². The zero-order chi connectivity index (χ0) is 21.0. The molecule has 0 bridgehead atoms. The Bertz CT molecular complexity index is 992. The summed E-state index contributed by atoms with van der Waals surface area (Å²) in [5.41, 5.74) is 2.26. The van der Waals surface area contributed by atoms with Gasteiger partial charge in [-0.15, -0.1) is 0 Å². The van der Waals surface area contributed by atoms with Crippen molar-refractivity contribution in [2.75, 3.05) is 18.1 Å². The molecule has 1 heterocycles. The summed E-state index contributed by atoms with van der Waals surface area (Å²) in [6.45, 7) is 5.85. The molecule has 1 N–H and O–H groups in total. The fourth-order valence-electron chi connectivity index (χ4n) is 3.23. The van der Waals surface area contributed by atoms with Crippen LogP contribution >= 0.6 is 0 Å². The van der Waals surface area contributed by atoms with Crippen LogP contribution in [0.1, 0.15) is 26.3 Å². The minimum atomic E-state index is -0.549. The summed E-state index contributed by atoms with van der Waals surface area (Å²) in [7, 11) is 0. The van der Waals surface area contributed by atoms with Gasteiger partial charge in [-0.05, 0) is 56.7 Å². The van der Waals surface area contributed by atoms with Crippen LogP contribution in [0.3, 0.4) is 0 Å².